The summed E-state index contributed by atoms with van der Waals surface area (Å²) in [6, 6.07) is 15.7. The normalized spacial score (nSPS) is 18.9. The lowest BCUT2D eigenvalue weighted by Crippen LogP contribution is -2.46. The van der Waals surface area contributed by atoms with E-state index in [0.717, 1.165) is 10.5 Å². The van der Waals surface area contributed by atoms with Crippen LogP contribution in [0, 0.1) is 0 Å². The second-order valence-electron chi connectivity index (χ2n) is 7.55. The van der Waals surface area contributed by atoms with Crippen LogP contribution in [0.25, 0.3) is 0 Å². The number of hydrogen-bond donors (Lipinski definition) is 1. The molecule has 1 heterocycles. The van der Waals surface area contributed by atoms with Crippen molar-refractivity contribution in [3.63, 3.8) is 0 Å². The SMILES string of the molecule is CC(C)N(Cc1ccccc1)C(=O)CN1C(=O)N[C@](C)(c2ccc(Cl)cc2)C1=O. The topological polar surface area (TPSA) is 69.7 Å². The number of imide groups is 1. The largest absolute Gasteiger partial charge is 0.334 e. The molecule has 0 radical (unpaired) electrons. The van der Waals surface area contributed by atoms with Gasteiger partial charge in [-0.05, 0) is 44.0 Å². The van der Waals surface area contributed by atoms with Crippen LogP contribution >= 0.6 is 11.6 Å². The Balaban J connectivity index is 1.77. The van der Waals surface area contributed by atoms with Crippen LogP contribution in [0.5, 0.6) is 0 Å². The molecule has 0 bridgehead atoms. The van der Waals surface area contributed by atoms with Gasteiger partial charge in [-0.1, -0.05) is 54.1 Å². The van der Waals surface area contributed by atoms with Crippen molar-refractivity contribution in [1.82, 2.24) is 15.1 Å². The monoisotopic (exact) mass is 413 g/mol. The van der Waals surface area contributed by atoms with Crippen molar-refractivity contribution in [2.75, 3.05) is 6.54 Å². The van der Waals surface area contributed by atoms with E-state index in [1.165, 1.54) is 0 Å². The van der Waals surface area contributed by atoms with Crippen LogP contribution < -0.4 is 5.32 Å². The average molecular weight is 414 g/mol. The van der Waals surface area contributed by atoms with Gasteiger partial charge in [0.05, 0.1) is 0 Å². The summed E-state index contributed by atoms with van der Waals surface area (Å²) in [5.41, 5.74) is 0.363. The van der Waals surface area contributed by atoms with Gasteiger partial charge in [0.15, 0.2) is 0 Å². The number of urea groups is 1. The van der Waals surface area contributed by atoms with Gasteiger partial charge in [-0.3, -0.25) is 14.5 Å². The number of amides is 4. The van der Waals surface area contributed by atoms with Gasteiger partial charge in [-0.2, -0.15) is 0 Å². The fourth-order valence-electron chi connectivity index (χ4n) is 3.38. The van der Waals surface area contributed by atoms with E-state index in [1.54, 1.807) is 36.1 Å². The van der Waals surface area contributed by atoms with E-state index in [4.69, 9.17) is 11.6 Å². The molecular formula is C22H24ClN3O3. The molecule has 1 fully saturated rings. The van der Waals surface area contributed by atoms with E-state index in [9.17, 15) is 14.4 Å². The van der Waals surface area contributed by atoms with Crippen molar-refractivity contribution < 1.29 is 14.4 Å². The van der Waals surface area contributed by atoms with Crippen LogP contribution in [-0.4, -0.2) is 40.2 Å². The molecule has 0 saturated carbocycles. The predicted molar refractivity (Wildman–Crippen MR) is 111 cm³/mol. The Morgan fingerprint density at radius 1 is 1.10 bits per heavy atom. The van der Waals surface area contributed by atoms with Gasteiger partial charge in [0.2, 0.25) is 5.91 Å². The zero-order valence-electron chi connectivity index (χ0n) is 16.7. The minimum atomic E-state index is -1.23. The third-order valence-electron chi connectivity index (χ3n) is 5.13. The zero-order chi connectivity index (χ0) is 21.2. The van der Waals surface area contributed by atoms with Crippen LogP contribution in [0.1, 0.15) is 31.9 Å². The highest BCUT2D eigenvalue weighted by atomic mass is 35.5. The minimum absolute atomic E-state index is 0.0777. The number of benzene rings is 2. The van der Waals surface area contributed by atoms with Crippen molar-refractivity contribution in [3.8, 4) is 0 Å². The third-order valence-corrected chi connectivity index (χ3v) is 5.38. The molecule has 4 amide bonds. The van der Waals surface area contributed by atoms with Gasteiger partial charge in [-0.15, -0.1) is 0 Å². The fourth-order valence-corrected chi connectivity index (χ4v) is 3.51. The maximum atomic E-state index is 13.0. The maximum Gasteiger partial charge on any atom is 0.325 e. The van der Waals surface area contributed by atoms with E-state index in [1.807, 2.05) is 44.2 Å². The molecule has 0 spiro atoms. The summed E-state index contributed by atoms with van der Waals surface area (Å²) < 4.78 is 0. The Hall–Kier alpha value is -2.86. The number of nitrogens with zero attached hydrogens (tertiary/aromatic N) is 2. The molecule has 0 unspecified atom stereocenters. The fraction of sp³-hybridized carbons (Fsp3) is 0.318. The lowest BCUT2D eigenvalue weighted by molar-refractivity contribution is -0.140. The van der Waals surface area contributed by atoms with Crippen LogP contribution in [0.2, 0.25) is 5.02 Å². The van der Waals surface area contributed by atoms with Crippen molar-refractivity contribution >= 4 is 29.4 Å². The molecule has 29 heavy (non-hydrogen) atoms. The summed E-state index contributed by atoms with van der Waals surface area (Å²) in [4.78, 5) is 41.2. The van der Waals surface area contributed by atoms with Crippen molar-refractivity contribution in [1.29, 1.82) is 0 Å². The molecule has 0 aromatic heterocycles. The summed E-state index contributed by atoms with van der Waals surface area (Å²) in [6.45, 7) is 5.55. The summed E-state index contributed by atoms with van der Waals surface area (Å²) >= 11 is 5.92. The summed E-state index contributed by atoms with van der Waals surface area (Å²) in [7, 11) is 0. The molecule has 1 N–H and O–H groups in total. The Morgan fingerprint density at radius 3 is 2.31 bits per heavy atom. The molecule has 0 aliphatic carbocycles. The molecular weight excluding hydrogens is 390 g/mol. The standard InChI is InChI=1S/C22H24ClN3O3/c1-15(2)25(13-16-7-5-4-6-8-16)19(27)14-26-20(28)22(3,24-21(26)29)17-9-11-18(23)12-10-17/h4-12,15H,13-14H2,1-3H3,(H,24,29)/t22-/m1/s1. The maximum absolute atomic E-state index is 13.0. The van der Waals surface area contributed by atoms with E-state index in [-0.39, 0.29) is 18.5 Å². The van der Waals surface area contributed by atoms with Gasteiger partial charge in [0.25, 0.3) is 5.91 Å². The molecule has 1 aliphatic heterocycles. The molecule has 1 aliphatic rings. The lowest BCUT2D eigenvalue weighted by Gasteiger charge is -2.28. The van der Waals surface area contributed by atoms with Gasteiger partial charge in [0, 0.05) is 17.6 Å². The van der Waals surface area contributed by atoms with E-state index in [0.29, 0.717) is 17.1 Å². The molecule has 2 aromatic carbocycles. The van der Waals surface area contributed by atoms with Crippen LogP contribution in [0.4, 0.5) is 4.79 Å². The minimum Gasteiger partial charge on any atom is -0.334 e. The lowest BCUT2D eigenvalue weighted by atomic mass is 9.92. The Kier molecular flexibility index (Phi) is 5.94. The quantitative estimate of drug-likeness (QED) is 0.736. The highest BCUT2D eigenvalue weighted by Crippen LogP contribution is 2.29. The van der Waals surface area contributed by atoms with Crippen molar-refractivity contribution in [2.24, 2.45) is 0 Å². The Labute approximate surface area is 175 Å². The van der Waals surface area contributed by atoms with Crippen LogP contribution in [-0.2, 0) is 21.7 Å². The summed E-state index contributed by atoms with van der Waals surface area (Å²) in [5.74, 6) is -0.741. The van der Waals surface area contributed by atoms with Crippen LogP contribution in [0.3, 0.4) is 0 Å². The Bertz CT molecular complexity index is 915. The summed E-state index contributed by atoms with van der Waals surface area (Å²) in [6.07, 6.45) is 0. The van der Waals surface area contributed by atoms with Gasteiger partial charge < -0.3 is 10.2 Å². The number of halogens is 1. The molecule has 6 nitrogen and oxygen atoms in total. The molecule has 1 saturated heterocycles. The first-order chi connectivity index (χ1) is 13.7. The second-order valence-corrected chi connectivity index (χ2v) is 7.99. The van der Waals surface area contributed by atoms with Crippen LogP contribution in [0.15, 0.2) is 54.6 Å². The average Bonchev–Trinajstić information content (AvgIpc) is 2.91. The number of hydrogen-bond acceptors (Lipinski definition) is 3. The van der Waals surface area contributed by atoms with E-state index in [2.05, 4.69) is 5.32 Å². The summed E-state index contributed by atoms with van der Waals surface area (Å²) in [5, 5.41) is 3.25. The van der Waals surface area contributed by atoms with Gasteiger partial charge in [0.1, 0.15) is 12.1 Å². The van der Waals surface area contributed by atoms with E-state index < -0.39 is 17.5 Å². The Morgan fingerprint density at radius 2 is 1.72 bits per heavy atom. The number of carbonyl (C=O) groups excluding carboxylic acids is 3. The highest BCUT2D eigenvalue weighted by Gasteiger charge is 2.49. The molecule has 7 heteroatoms. The molecule has 152 valence electrons. The number of carbonyl (C=O) groups is 3. The van der Waals surface area contributed by atoms with E-state index >= 15 is 0 Å². The highest BCUT2D eigenvalue weighted by molar-refractivity contribution is 6.30. The van der Waals surface area contributed by atoms with Gasteiger partial charge >= 0.3 is 6.03 Å². The van der Waals surface area contributed by atoms with Gasteiger partial charge in [-0.25, -0.2) is 4.79 Å². The smallest absolute Gasteiger partial charge is 0.325 e. The predicted octanol–water partition coefficient (Wildman–Crippen LogP) is 3.54. The first-order valence-corrected chi connectivity index (χ1v) is 9.83. The molecule has 2 aromatic rings. The van der Waals surface area contributed by atoms with Crippen molar-refractivity contribution in [3.05, 3.63) is 70.7 Å². The first kappa shape index (κ1) is 20.9. The zero-order valence-corrected chi connectivity index (χ0v) is 17.4. The number of rotatable bonds is 6. The first-order valence-electron chi connectivity index (χ1n) is 9.46. The third kappa shape index (κ3) is 4.27. The number of nitrogens with one attached hydrogen (secondary N) is 1. The second kappa shape index (κ2) is 8.25. The molecule has 3 rings (SSSR count). The molecule has 1 atom stereocenters. The van der Waals surface area contributed by atoms with Crippen molar-refractivity contribution in [2.45, 2.75) is 38.9 Å².